The summed E-state index contributed by atoms with van der Waals surface area (Å²) in [7, 11) is 0. The van der Waals surface area contributed by atoms with E-state index in [1.807, 2.05) is 12.2 Å². The molecule has 0 aromatic rings. The highest BCUT2D eigenvalue weighted by atomic mass is 16.4. The van der Waals surface area contributed by atoms with Gasteiger partial charge in [0.15, 0.2) is 0 Å². The molecule has 1 saturated carbocycles. The van der Waals surface area contributed by atoms with E-state index in [1.54, 1.807) is 12.2 Å². The molecule has 0 unspecified atom stereocenters. The van der Waals surface area contributed by atoms with Crippen LogP contribution in [-0.2, 0) is 9.59 Å². The number of hydrogen-bond donors (Lipinski definition) is 3. The van der Waals surface area contributed by atoms with Crippen molar-refractivity contribution in [2.24, 2.45) is 11.8 Å². The first-order chi connectivity index (χ1) is 12.0. The van der Waals surface area contributed by atoms with Gasteiger partial charge in [0.25, 0.3) is 0 Å². The van der Waals surface area contributed by atoms with Gasteiger partial charge in [-0.1, -0.05) is 50.5 Å². The number of hydrogen-bond acceptors (Lipinski definition) is 4. The maximum atomic E-state index is 12.1. The number of unbranched alkanes of at least 4 members (excludes halogenated alkanes) is 3. The van der Waals surface area contributed by atoms with Gasteiger partial charge in [-0.25, -0.2) is 0 Å². The Morgan fingerprint density at radius 1 is 1.28 bits per heavy atom. The highest BCUT2D eigenvalue weighted by Crippen LogP contribution is 2.33. The number of aliphatic carboxylic acids is 1. The van der Waals surface area contributed by atoms with Gasteiger partial charge < -0.3 is 15.3 Å². The summed E-state index contributed by atoms with van der Waals surface area (Å²) >= 11 is 0. The second kappa shape index (κ2) is 12.0. The van der Waals surface area contributed by atoms with Crippen molar-refractivity contribution in [3.8, 4) is 0 Å². The highest BCUT2D eigenvalue weighted by Gasteiger charge is 2.39. The van der Waals surface area contributed by atoms with E-state index in [4.69, 9.17) is 5.11 Å². The maximum Gasteiger partial charge on any atom is 0.303 e. The smallest absolute Gasteiger partial charge is 0.303 e. The molecule has 0 amide bonds. The van der Waals surface area contributed by atoms with Gasteiger partial charge in [-0.2, -0.15) is 0 Å². The lowest BCUT2D eigenvalue weighted by Gasteiger charge is -2.16. The van der Waals surface area contributed by atoms with Crippen LogP contribution >= 0.6 is 0 Å². The van der Waals surface area contributed by atoms with Crippen molar-refractivity contribution in [3.05, 3.63) is 24.3 Å². The topological polar surface area (TPSA) is 94.8 Å². The highest BCUT2D eigenvalue weighted by molar-refractivity contribution is 5.84. The fourth-order valence-electron chi connectivity index (χ4n) is 3.22. The number of carbonyl (C=O) groups is 2. The Morgan fingerprint density at radius 2 is 2.04 bits per heavy atom. The number of aliphatic hydroxyl groups excluding tert-OH is 2. The monoisotopic (exact) mass is 352 g/mol. The molecule has 25 heavy (non-hydrogen) atoms. The second-order valence-corrected chi connectivity index (χ2v) is 6.86. The molecule has 3 N–H and O–H groups in total. The number of allylic oxidation sites excluding steroid dienone is 2. The van der Waals surface area contributed by atoms with E-state index in [1.165, 1.54) is 0 Å². The predicted molar refractivity (Wildman–Crippen MR) is 97.1 cm³/mol. The summed E-state index contributed by atoms with van der Waals surface area (Å²) in [6.07, 6.45) is 12.1. The van der Waals surface area contributed by atoms with Crippen LogP contribution < -0.4 is 0 Å². The quantitative estimate of drug-likeness (QED) is 0.370. The van der Waals surface area contributed by atoms with Crippen molar-refractivity contribution in [2.75, 3.05) is 0 Å². The van der Waals surface area contributed by atoms with Crippen LogP contribution in [0.1, 0.15) is 64.7 Å². The van der Waals surface area contributed by atoms with Gasteiger partial charge in [-0.05, 0) is 25.7 Å². The molecular weight excluding hydrogens is 320 g/mol. The molecule has 5 nitrogen and oxygen atoms in total. The first-order valence-electron chi connectivity index (χ1n) is 9.39. The average molecular weight is 352 g/mol. The SMILES string of the molecule is CCCCC[C@@H](O)C=C[C@H]1[C@H](O)CC(=O)[C@@H]1CC=CCCCC(=O)O. The Labute approximate surface area is 150 Å². The predicted octanol–water partition coefficient (Wildman–Crippen LogP) is 3.25. The average Bonchev–Trinajstić information content (AvgIpc) is 2.82. The molecule has 1 aliphatic carbocycles. The van der Waals surface area contributed by atoms with Crippen molar-refractivity contribution in [2.45, 2.75) is 76.9 Å². The third kappa shape index (κ3) is 8.45. The Kier molecular flexibility index (Phi) is 10.3. The molecule has 0 saturated heterocycles. The molecule has 0 heterocycles. The zero-order valence-electron chi connectivity index (χ0n) is 15.1. The van der Waals surface area contributed by atoms with Crippen LogP contribution in [0.15, 0.2) is 24.3 Å². The van der Waals surface area contributed by atoms with Crippen LogP contribution in [0.25, 0.3) is 0 Å². The van der Waals surface area contributed by atoms with E-state index in [-0.39, 0.29) is 30.5 Å². The normalized spacial score (nSPS) is 25.2. The van der Waals surface area contributed by atoms with Crippen LogP contribution in [-0.4, -0.2) is 39.3 Å². The molecule has 0 aromatic heterocycles. The third-order valence-electron chi connectivity index (χ3n) is 4.71. The summed E-state index contributed by atoms with van der Waals surface area (Å²) in [5, 5.41) is 28.7. The minimum absolute atomic E-state index is 0.0535. The number of carboxylic acids is 1. The van der Waals surface area contributed by atoms with Crippen LogP contribution in [0.4, 0.5) is 0 Å². The summed E-state index contributed by atoms with van der Waals surface area (Å²) < 4.78 is 0. The van der Waals surface area contributed by atoms with Crippen molar-refractivity contribution in [3.63, 3.8) is 0 Å². The van der Waals surface area contributed by atoms with Crippen molar-refractivity contribution < 1.29 is 24.9 Å². The van der Waals surface area contributed by atoms with Crippen molar-refractivity contribution in [1.29, 1.82) is 0 Å². The molecule has 142 valence electrons. The van der Waals surface area contributed by atoms with Crippen molar-refractivity contribution in [1.82, 2.24) is 0 Å². The molecule has 0 radical (unpaired) electrons. The zero-order valence-corrected chi connectivity index (χ0v) is 15.1. The summed E-state index contributed by atoms with van der Waals surface area (Å²) in [6.45, 7) is 2.11. The number of aliphatic hydroxyl groups is 2. The van der Waals surface area contributed by atoms with Crippen LogP contribution in [0, 0.1) is 11.8 Å². The maximum absolute atomic E-state index is 12.1. The third-order valence-corrected chi connectivity index (χ3v) is 4.71. The van der Waals surface area contributed by atoms with Gasteiger partial charge in [0.2, 0.25) is 0 Å². The van der Waals surface area contributed by atoms with Crippen LogP contribution in [0.5, 0.6) is 0 Å². The van der Waals surface area contributed by atoms with Gasteiger partial charge in [-0.3, -0.25) is 9.59 Å². The van der Waals surface area contributed by atoms with E-state index in [0.717, 1.165) is 19.3 Å². The van der Waals surface area contributed by atoms with E-state index < -0.39 is 18.2 Å². The standard InChI is InChI=1S/C20H32O5/c1-2-3-6-9-15(21)12-13-17-16(18(22)14-19(17)23)10-7-4-5-8-11-20(24)25/h4,7,12-13,15-17,19,21,23H,2-3,5-6,8-11,14H2,1H3,(H,24,25)/t15-,16-,17-,19-/m1/s1. The number of carboxylic acid groups (broad SMARTS) is 1. The van der Waals surface area contributed by atoms with Crippen LogP contribution in [0.3, 0.4) is 0 Å². The summed E-state index contributed by atoms with van der Waals surface area (Å²) in [5.74, 6) is -1.26. The minimum atomic E-state index is -0.801. The summed E-state index contributed by atoms with van der Waals surface area (Å²) in [5.41, 5.74) is 0. The lowest BCUT2D eigenvalue weighted by atomic mass is 9.90. The second-order valence-electron chi connectivity index (χ2n) is 6.86. The number of Topliss-reactive ketones (excluding diaryl/α,β-unsaturated/α-hetero) is 1. The Bertz CT molecular complexity index is 469. The molecule has 4 atom stereocenters. The van der Waals surface area contributed by atoms with Gasteiger partial charge in [0, 0.05) is 24.7 Å². The Balaban J connectivity index is 2.48. The van der Waals surface area contributed by atoms with Gasteiger partial charge in [0.05, 0.1) is 12.2 Å². The fraction of sp³-hybridized carbons (Fsp3) is 0.700. The zero-order chi connectivity index (χ0) is 18.7. The van der Waals surface area contributed by atoms with E-state index >= 15 is 0 Å². The molecule has 1 rings (SSSR count). The van der Waals surface area contributed by atoms with Crippen molar-refractivity contribution >= 4 is 11.8 Å². The van der Waals surface area contributed by atoms with Gasteiger partial charge in [0.1, 0.15) is 5.78 Å². The van der Waals surface area contributed by atoms with Gasteiger partial charge in [-0.15, -0.1) is 0 Å². The molecule has 0 bridgehead atoms. The molecule has 5 heteroatoms. The molecule has 0 aromatic carbocycles. The molecule has 0 spiro atoms. The molecule has 1 aliphatic rings. The first kappa shape index (κ1) is 21.6. The number of carbonyl (C=O) groups excluding carboxylic acids is 1. The first-order valence-corrected chi connectivity index (χ1v) is 9.39. The Morgan fingerprint density at radius 3 is 2.72 bits per heavy atom. The van der Waals surface area contributed by atoms with E-state index in [9.17, 15) is 19.8 Å². The van der Waals surface area contributed by atoms with Crippen LogP contribution in [0.2, 0.25) is 0 Å². The Hall–Kier alpha value is -1.46. The molecule has 0 aliphatic heterocycles. The number of rotatable bonds is 12. The van der Waals surface area contributed by atoms with E-state index in [0.29, 0.717) is 25.7 Å². The fourth-order valence-corrected chi connectivity index (χ4v) is 3.22. The lowest BCUT2D eigenvalue weighted by Crippen LogP contribution is -2.18. The lowest BCUT2D eigenvalue weighted by molar-refractivity contribution is -0.137. The number of ketones is 1. The minimum Gasteiger partial charge on any atom is -0.481 e. The largest absolute Gasteiger partial charge is 0.481 e. The summed E-state index contributed by atoms with van der Waals surface area (Å²) in [6, 6.07) is 0. The summed E-state index contributed by atoms with van der Waals surface area (Å²) in [4.78, 5) is 22.5. The molecule has 1 fully saturated rings. The molecular formula is C20H32O5. The van der Waals surface area contributed by atoms with E-state index in [2.05, 4.69) is 6.92 Å². The van der Waals surface area contributed by atoms with Gasteiger partial charge >= 0.3 is 5.97 Å².